The lowest BCUT2D eigenvalue weighted by molar-refractivity contribution is -0.127. The lowest BCUT2D eigenvalue weighted by Gasteiger charge is -2.40. The third kappa shape index (κ3) is 3.20. The molecule has 0 bridgehead atoms. The summed E-state index contributed by atoms with van der Waals surface area (Å²) in [5.74, 6) is 0.929. The molecule has 0 fully saturated rings. The summed E-state index contributed by atoms with van der Waals surface area (Å²) in [5.41, 5.74) is 3.93. The van der Waals surface area contributed by atoms with E-state index in [1.807, 2.05) is 60.0 Å². The maximum atomic E-state index is 13.9. The van der Waals surface area contributed by atoms with E-state index < -0.39 is 0 Å². The number of quaternary nitrogens is 1. The molecule has 2 heterocycles. The van der Waals surface area contributed by atoms with Crippen molar-refractivity contribution in [2.24, 2.45) is 0 Å². The Morgan fingerprint density at radius 1 is 1.04 bits per heavy atom. The van der Waals surface area contributed by atoms with Gasteiger partial charge in [0.25, 0.3) is 0 Å². The number of carbonyl (C=O) groups is 1. The predicted octanol–water partition coefficient (Wildman–Crippen LogP) is 4.41. The molecule has 0 saturated heterocycles. The Kier molecular flexibility index (Phi) is 5.40. The molecular formula is C23H24NO3S+. The van der Waals surface area contributed by atoms with Crippen molar-refractivity contribution in [3.8, 4) is 0 Å². The standard InChI is InChI=1S/C23H23NO3S/c25-13-6-12-24(15-17-7-2-1-3-8-17)20-10-5-4-9-19(20)22(26)21(23(24)27)18-11-14-28-16-18/h1-5,7-10,16,25H,6,11-15H2/p+1. The van der Waals surface area contributed by atoms with Crippen molar-refractivity contribution in [1.29, 1.82) is 0 Å². The van der Waals surface area contributed by atoms with Crippen LogP contribution >= 0.6 is 11.8 Å². The maximum absolute atomic E-state index is 13.9. The summed E-state index contributed by atoms with van der Waals surface area (Å²) in [6.07, 6.45) is 1.29. The van der Waals surface area contributed by atoms with Gasteiger partial charge in [0.1, 0.15) is 17.9 Å². The van der Waals surface area contributed by atoms with Gasteiger partial charge < -0.3 is 10.2 Å². The fourth-order valence-corrected chi connectivity index (χ4v) is 5.05. The number of para-hydroxylation sites is 1. The van der Waals surface area contributed by atoms with Crippen molar-refractivity contribution in [3.05, 3.63) is 82.3 Å². The molecule has 2 N–H and O–H groups in total. The molecule has 0 radical (unpaired) electrons. The van der Waals surface area contributed by atoms with E-state index >= 15 is 0 Å². The van der Waals surface area contributed by atoms with Gasteiger partial charge in [0, 0.05) is 30.4 Å². The van der Waals surface area contributed by atoms with Crippen LogP contribution in [0.3, 0.4) is 0 Å². The van der Waals surface area contributed by atoms with Crippen LogP contribution in [0.5, 0.6) is 0 Å². The summed E-state index contributed by atoms with van der Waals surface area (Å²) in [7, 11) is 0. The van der Waals surface area contributed by atoms with E-state index in [2.05, 4.69) is 0 Å². The van der Waals surface area contributed by atoms with Crippen LogP contribution in [0.15, 0.2) is 71.2 Å². The summed E-state index contributed by atoms with van der Waals surface area (Å²) in [5, 5.41) is 22.6. The quantitative estimate of drug-likeness (QED) is 0.713. The van der Waals surface area contributed by atoms with Crippen molar-refractivity contribution in [1.82, 2.24) is 4.48 Å². The minimum Gasteiger partial charge on any atom is -0.506 e. The van der Waals surface area contributed by atoms with Crippen molar-refractivity contribution < 1.29 is 15.0 Å². The third-order valence-electron chi connectivity index (χ3n) is 5.49. The van der Waals surface area contributed by atoms with Crippen LogP contribution in [0.1, 0.15) is 24.0 Å². The molecule has 1 atom stereocenters. The first kappa shape index (κ1) is 19.0. The van der Waals surface area contributed by atoms with Crippen LogP contribution in [0.2, 0.25) is 0 Å². The number of hydrogen-bond acceptors (Lipinski definition) is 4. The number of aliphatic hydroxyl groups excluding tert-OH is 2. The van der Waals surface area contributed by atoms with E-state index in [4.69, 9.17) is 0 Å². The average Bonchev–Trinajstić information content (AvgIpc) is 3.25. The molecule has 0 aliphatic carbocycles. The zero-order chi connectivity index (χ0) is 19.6. The van der Waals surface area contributed by atoms with Gasteiger partial charge in [-0.3, -0.25) is 0 Å². The highest BCUT2D eigenvalue weighted by Crippen LogP contribution is 2.44. The molecule has 0 aromatic heterocycles. The number of hydrogen-bond donors (Lipinski definition) is 2. The Bertz CT molecular complexity index is 951. The number of amides is 1. The summed E-state index contributed by atoms with van der Waals surface area (Å²) in [6.45, 7) is 1.00. The highest BCUT2D eigenvalue weighted by atomic mass is 32.2. The molecule has 1 amide bonds. The fourth-order valence-electron chi connectivity index (χ4n) is 4.16. The van der Waals surface area contributed by atoms with Crippen molar-refractivity contribution >= 4 is 29.1 Å². The Balaban J connectivity index is 1.92. The Morgan fingerprint density at radius 3 is 2.50 bits per heavy atom. The molecule has 0 saturated carbocycles. The summed E-state index contributed by atoms with van der Waals surface area (Å²) >= 11 is 1.68. The van der Waals surface area contributed by atoms with Gasteiger partial charge in [-0.15, -0.1) is 11.8 Å². The molecule has 4 nitrogen and oxygen atoms in total. The second-order valence-electron chi connectivity index (χ2n) is 7.22. The van der Waals surface area contributed by atoms with Gasteiger partial charge in [-0.05, 0) is 23.5 Å². The normalized spacial score (nSPS) is 21.6. The van der Waals surface area contributed by atoms with E-state index in [1.165, 1.54) is 0 Å². The highest BCUT2D eigenvalue weighted by molar-refractivity contribution is 8.02. The minimum atomic E-state index is -0.0812. The molecule has 4 rings (SSSR count). The van der Waals surface area contributed by atoms with Crippen LogP contribution in [0, 0.1) is 0 Å². The zero-order valence-corrected chi connectivity index (χ0v) is 16.5. The first-order chi connectivity index (χ1) is 13.7. The van der Waals surface area contributed by atoms with Crippen LogP contribution in [0.4, 0.5) is 5.69 Å². The molecule has 28 heavy (non-hydrogen) atoms. The SMILES string of the molecule is O=C1C(C2=CSCC2)=C(O)c2ccccc2[N+]1(CCCO)Cc1ccccc1. The van der Waals surface area contributed by atoms with E-state index in [0.29, 0.717) is 30.6 Å². The maximum Gasteiger partial charge on any atom is 0.355 e. The lowest BCUT2D eigenvalue weighted by atomic mass is 9.90. The van der Waals surface area contributed by atoms with Crippen molar-refractivity contribution in [2.45, 2.75) is 19.4 Å². The molecular weight excluding hydrogens is 370 g/mol. The number of aliphatic hydroxyl groups is 2. The Labute approximate surface area is 169 Å². The van der Waals surface area contributed by atoms with Gasteiger partial charge in [-0.1, -0.05) is 42.5 Å². The Morgan fingerprint density at radius 2 is 1.79 bits per heavy atom. The largest absolute Gasteiger partial charge is 0.506 e. The molecule has 2 aromatic rings. The van der Waals surface area contributed by atoms with E-state index in [0.717, 1.165) is 29.0 Å². The molecule has 144 valence electrons. The topological polar surface area (TPSA) is 57.5 Å². The van der Waals surface area contributed by atoms with Crippen LogP contribution < -0.4 is 4.48 Å². The fraction of sp³-hybridized carbons (Fsp3) is 0.261. The minimum absolute atomic E-state index is 0.0216. The van der Waals surface area contributed by atoms with Crippen molar-refractivity contribution in [2.75, 3.05) is 18.9 Å². The molecule has 2 aliphatic rings. The zero-order valence-electron chi connectivity index (χ0n) is 15.7. The summed E-state index contributed by atoms with van der Waals surface area (Å²) < 4.78 is 0.0855. The van der Waals surface area contributed by atoms with E-state index in [1.54, 1.807) is 11.8 Å². The first-order valence-electron chi connectivity index (χ1n) is 9.58. The van der Waals surface area contributed by atoms with E-state index in [9.17, 15) is 15.0 Å². The number of rotatable bonds is 6. The highest BCUT2D eigenvalue weighted by Gasteiger charge is 2.49. The number of thioether (sulfide) groups is 1. The number of nitrogens with zero attached hydrogens (tertiary/aromatic N) is 1. The van der Waals surface area contributed by atoms with Gasteiger partial charge >= 0.3 is 5.91 Å². The van der Waals surface area contributed by atoms with Crippen LogP contribution in [-0.4, -0.2) is 35.0 Å². The summed E-state index contributed by atoms with van der Waals surface area (Å²) in [6, 6.07) is 17.6. The smallest absolute Gasteiger partial charge is 0.355 e. The number of carbonyl (C=O) groups excluding carboxylic acids is 1. The van der Waals surface area contributed by atoms with Gasteiger partial charge in [0.05, 0.1) is 12.1 Å². The predicted molar refractivity (Wildman–Crippen MR) is 115 cm³/mol. The number of fused-ring (bicyclic) bond motifs is 1. The Hall–Kier alpha value is -2.34. The molecule has 2 aromatic carbocycles. The van der Waals surface area contributed by atoms with Gasteiger partial charge in [0.15, 0.2) is 5.69 Å². The van der Waals surface area contributed by atoms with Gasteiger partial charge in [0.2, 0.25) is 0 Å². The first-order valence-corrected chi connectivity index (χ1v) is 10.6. The average molecular weight is 395 g/mol. The molecule has 2 aliphatic heterocycles. The van der Waals surface area contributed by atoms with Crippen LogP contribution in [0.25, 0.3) is 5.76 Å². The monoisotopic (exact) mass is 394 g/mol. The molecule has 0 spiro atoms. The van der Waals surface area contributed by atoms with Gasteiger partial charge in [-0.25, -0.2) is 9.28 Å². The second kappa shape index (κ2) is 7.95. The lowest BCUT2D eigenvalue weighted by Crippen LogP contribution is -2.57. The molecule has 1 unspecified atom stereocenters. The third-order valence-corrected chi connectivity index (χ3v) is 6.38. The molecule has 5 heteroatoms. The number of benzene rings is 2. The summed E-state index contributed by atoms with van der Waals surface area (Å²) in [4.78, 5) is 13.9. The van der Waals surface area contributed by atoms with Crippen LogP contribution in [-0.2, 0) is 11.3 Å². The van der Waals surface area contributed by atoms with Crippen molar-refractivity contribution in [3.63, 3.8) is 0 Å². The van der Waals surface area contributed by atoms with Gasteiger partial charge in [-0.2, -0.15) is 0 Å². The second-order valence-corrected chi connectivity index (χ2v) is 8.20. The van der Waals surface area contributed by atoms with E-state index in [-0.39, 0.29) is 22.8 Å².